The molecule has 1 saturated heterocycles. The molecule has 1 heterocycles. The summed E-state index contributed by atoms with van der Waals surface area (Å²) in [5, 5.41) is 0.834. The van der Waals surface area contributed by atoms with Gasteiger partial charge in [-0.15, -0.1) is 0 Å². The summed E-state index contributed by atoms with van der Waals surface area (Å²) < 4.78 is 5.83. The van der Waals surface area contributed by atoms with Crippen LogP contribution in [-0.2, 0) is 4.79 Å². The number of halogens is 2. The van der Waals surface area contributed by atoms with Crippen molar-refractivity contribution in [2.75, 3.05) is 32.8 Å². The van der Waals surface area contributed by atoms with Crippen molar-refractivity contribution in [2.45, 2.75) is 20.8 Å². The Morgan fingerprint density at radius 2 is 1.55 bits per heavy atom. The first-order valence-corrected chi connectivity index (χ1v) is 10.2. The van der Waals surface area contributed by atoms with Gasteiger partial charge < -0.3 is 14.5 Å². The van der Waals surface area contributed by atoms with Gasteiger partial charge in [0.25, 0.3) is 11.8 Å². The van der Waals surface area contributed by atoms with Crippen molar-refractivity contribution in [3.05, 3.63) is 62.6 Å². The lowest BCUT2D eigenvalue weighted by Crippen LogP contribution is -2.51. The van der Waals surface area contributed by atoms with Gasteiger partial charge in [0.1, 0.15) is 5.75 Å². The Bertz CT molecular complexity index is 938. The predicted octanol–water partition coefficient (Wildman–Crippen LogP) is 4.28. The predicted molar refractivity (Wildman–Crippen MR) is 115 cm³/mol. The summed E-state index contributed by atoms with van der Waals surface area (Å²) in [7, 11) is 0. The van der Waals surface area contributed by atoms with Crippen molar-refractivity contribution in [1.82, 2.24) is 9.80 Å². The molecule has 0 spiro atoms. The molecule has 2 aromatic carbocycles. The highest BCUT2D eigenvalue weighted by molar-refractivity contribution is 6.35. The lowest BCUT2D eigenvalue weighted by Gasteiger charge is -2.35. The van der Waals surface area contributed by atoms with Gasteiger partial charge in [0.05, 0.1) is 10.6 Å². The number of ether oxygens (including phenoxy) is 1. The van der Waals surface area contributed by atoms with Crippen LogP contribution in [-0.4, -0.2) is 54.4 Å². The monoisotopic (exact) mass is 434 g/mol. The Morgan fingerprint density at radius 3 is 2.24 bits per heavy atom. The molecule has 2 amide bonds. The van der Waals surface area contributed by atoms with Crippen molar-refractivity contribution >= 4 is 35.0 Å². The van der Waals surface area contributed by atoms with E-state index in [9.17, 15) is 9.59 Å². The second kappa shape index (κ2) is 9.06. The van der Waals surface area contributed by atoms with Gasteiger partial charge in [0, 0.05) is 31.2 Å². The number of nitrogens with zero attached hydrogens (tertiary/aromatic N) is 2. The zero-order valence-electron chi connectivity index (χ0n) is 16.8. The zero-order chi connectivity index (χ0) is 21.1. The molecule has 1 fully saturated rings. The van der Waals surface area contributed by atoms with Crippen LogP contribution in [0.2, 0.25) is 10.0 Å². The number of carbonyl (C=O) groups is 2. The third kappa shape index (κ3) is 4.85. The molecule has 29 heavy (non-hydrogen) atoms. The maximum Gasteiger partial charge on any atom is 0.260 e. The zero-order valence-corrected chi connectivity index (χ0v) is 18.3. The highest BCUT2D eigenvalue weighted by Crippen LogP contribution is 2.26. The Kier molecular flexibility index (Phi) is 6.70. The molecule has 0 aromatic heterocycles. The molecule has 7 heteroatoms. The van der Waals surface area contributed by atoms with E-state index in [1.54, 1.807) is 28.0 Å². The SMILES string of the molecule is Cc1ccc(C)c(OCC(=O)N2CCN(C(=O)c3cc(Cl)ccc3Cl)CC2)c1C. The molecular formula is C22H24Cl2N2O3. The maximum atomic E-state index is 12.7. The van der Waals surface area contributed by atoms with Crippen LogP contribution in [0.3, 0.4) is 0 Å². The molecule has 1 aliphatic rings. The van der Waals surface area contributed by atoms with Crippen molar-refractivity contribution in [3.63, 3.8) is 0 Å². The number of hydrogen-bond donors (Lipinski definition) is 0. The first-order chi connectivity index (χ1) is 13.8. The third-order valence-corrected chi connectivity index (χ3v) is 5.86. The van der Waals surface area contributed by atoms with E-state index in [-0.39, 0.29) is 18.4 Å². The molecule has 154 valence electrons. The Morgan fingerprint density at radius 1 is 0.931 bits per heavy atom. The first-order valence-electron chi connectivity index (χ1n) is 9.49. The molecule has 3 rings (SSSR count). The molecule has 1 aliphatic heterocycles. The van der Waals surface area contributed by atoms with Gasteiger partial charge in [-0.25, -0.2) is 0 Å². The molecule has 0 N–H and O–H groups in total. The fraction of sp³-hybridized carbons (Fsp3) is 0.364. The summed E-state index contributed by atoms with van der Waals surface area (Å²) in [6.07, 6.45) is 0. The third-order valence-electron chi connectivity index (χ3n) is 5.29. The molecular weight excluding hydrogens is 411 g/mol. The smallest absolute Gasteiger partial charge is 0.260 e. The van der Waals surface area contributed by atoms with E-state index in [1.165, 1.54) is 0 Å². The maximum absolute atomic E-state index is 12.7. The fourth-order valence-corrected chi connectivity index (χ4v) is 3.73. The number of hydrogen-bond acceptors (Lipinski definition) is 3. The van der Waals surface area contributed by atoms with Crippen molar-refractivity contribution in [3.8, 4) is 5.75 Å². The number of carbonyl (C=O) groups excluding carboxylic acids is 2. The van der Waals surface area contributed by atoms with Gasteiger partial charge in [-0.05, 0) is 55.7 Å². The van der Waals surface area contributed by atoms with E-state index in [4.69, 9.17) is 27.9 Å². The van der Waals surface area contributed by atoms with Crippen LogP contribution >= 0.6 is 23.2 Å². The second-order valence-electron chi connectivity index (χ2n) is 7.24. The van der Waals surface area contributed by atoms with Crippen LogP contribution < -0.4 is 4.74 Å². The molecule has 5 nitrogen and oxygen atoms in total. The van der Waals surface area contributed by atoms with Gasteiger partial charge >= 0.3 is 0 Å². The summed E-state index contributed by atoms with van der Waals surface area (Å²) in [5.74, 6) is 0.507. The van der Waals surface area contributed by atoms with Crippen LogP contribution in [0.15, 0.2) is 30.3 Å². The molecule has 2 aromatic rings. The van der Waals surface area contributed by atoms with Crippen LogP contribution in [0.4, 0.5) is 0 Å². The number of amides is 2. The minimum atomic E-state index is -0.174. The van der Waals surface area contributed by atoms with Gasteiger partial charge in [-0.2, -0.15) is 0 Å². The van der Waals surface area contributed by atoms with Gasteiger partial charge in [0.15, 0.2) is 6.61 Å². The van der Waals surface area contributed by atoms with Crippen LogP contribution in [0.5, 0.6) is 5.75 Å². The summed E-state index contributed by atoms with van der Waals surface area (Å²) in [6, 6.07) is 8.87. The van der Waals surface area contributed by atoms with E-state index in [2.05, 4.69) is 0 Å². The van der Waals surface area contributed by atoms with E-state index >= 15 is 0 Å². The molecule has 0 atom stereocenters. The van der Waals surface area contributed by atoms with Crippen molar-refractivity contribution in [1.29, 1.82) is 0 Å². The lowest BCUT2D eigenvalue weighted by atomic mass is 10.1. The van der Waals surface area contributed by atoms with E-state index in [0.717, 1.165) is 22.4 Å². The summed E-state index contributed by atoms with van der Waals surface area (Å²) in [4.78, 5) is 28.7. The molecule has 0 aliphatic carbocycles. The topological polar surface area (TPSA) is 49.9 Å². The molecule has 0 radical (unpaired) electrons. The molecule has 0 unspecified atom stereocenters. The van der Waals surface area contributed by atoms with Gasteiger partial charge in [-0.1, -0.05) is 35.3 Å². The van der Waals surface area contributed by atoms with E-state index in [0.29, 0.717) is 41.8 Å². The number of aryl methyl sites for hydroxylation is 2. The Labute approximate surface area is 181 Å². The highest BCUT2D eigenvalue weighted by atomic mass is 35.5. The Hall–Kier alpha value is -2.24. The number of piperazine rings is 1. The normalized spacial score (nSPS) is 14.1. The average Bonchev–Trinajstić information content (AvgIpc) is 2.72. The summed E-state index contributed by atoms with van der Waals surface area (Å²) in [6.45, 7) is 7.76. The number of rotatable bonds is 4. The second-order valence-corrected chi connectivity index (χ2v) is 8.08. The van der Waals surface area contributed by atoms with Crippen molar-refractivity contribution in [2.24, 2.45) is 0 Å². The lowest BCUT2D eigenvalue weighted by molar-refractivity contribution is -0.134. The average molecular weight is 435 g/mol. The van der Waals surface area contributed by atoms with E-state index < -0.39 is 0 Å². The molecule has 0 saturated carbocycles. The van der Waals surface area contributed by atoms with Gasteiger partial charge in [0.2, 0.25) is 0 Å². The van der Waals surface area contributed by atoms with E-state index in [1.807, 2.05) is 32.9 Å². The fourth-order valence-electron chi connectivity index (χ4n) is 3.36. The summed E-state index contributed by atoms with van der Waals surface area (Å²) >= 11 is 12.1. The van der Waals surface area contributed by atoms with Crippen LogP contribution in [0.25, 0.3) is 0 Å². The summed E-state index contributed by atoms with van der Waals surface area (Å²) in [5.41, 5.74) is 3.57. The minimum Gasteiger partial charge on any atom is -0.483 e. The number of benzene rings is 2. The van der Waals surface area contributed by atoms with Crippen LogP contribution in [0, 0.1) is 20.8 Å². The highest BCUT2D eigenvalue weighted by Gasteiger charge is 2.26. The minimum absolute atomic E-state index is 0.0147. The quantitative estimate of drug-likeness (QED) is 0.721. The van der Waals surface area contributed by atoms with Gasteiger partial charge in [-0.3, -0.25) is 9.59 Å². The van der Waals surface area contributed by atoms with Crippen LogP contribution in [0.1, 0.15) is 27.0 Å². The van der Waals surface area contributed by atoms with Crippen molar-refractivity contribution < 1.29 is 14.3 Å². The first kappa shape index (κ1) is 21.5. The molecule has 0 bridgehead atoms. The Balaban J connectivity index is 1.57. The standard InChI is InChI=1S/C22H24Cl2N2O3/c1-14-4-5-15(2)21(16(14)3)29-13-20(27)25-8-10-26(11-9-25)22(28)18-12-17(23)6-7-19(18)24/h4-7,12H,8-11,13H2,1-3H3. The largest absolute Gasteiger partial charge is 0.483 e.